The molecule has 4 nitrogen and oxygen atoms in total. The first-order chi connectivity index (χ1) is 7.56. The van der Waals surface area contributed by atoms with E-state index in [0.717, 1.165) is 11.1 Å². The monoisotopic (exact) mass is 215 g/mol. The van der Waals surface area contributed by atoms with Gasteiger partial charge in [0.2, 0.25) is 0 Å². The number of anilines is 1. The maximum absolute atomic E-state index is 11.2. The van der Waals surface area contributed by atoms with Crippen molar-refractivity contribution in [1.82, 2.24) is 9.97 Å². The van der Waals surface area contributed by atoms with E-state index in [1.807, 2.05) is 26.0 Å². The average Bonchev–Trinajstić information content (AvgIpc) is 2.15. The number of H-pyrrole nitrogens is 1. The number of aromatic amines is 1. The molecule has 0 spiro atoms. The number of nitrogens with zero attached hydrogens (tertiary/aromatic N) is 1. The first-order valence-corrected chi connectivity index (χ1v) is 5.01. The maximum atomic E-state index is 11.2. The molecule has 0 aliphatic rings. The molecule has 16 heavy (non-hydrogen) atoms. The van der Waals surface area contributed by atoms with E-state index in [9.17, 15) is 4.79 Å². The number of nitrogens with two attached hydrogens (primary N) is 1. The van der Waals surface area contributed by atoms with Gasteiger partial charge in [0.25, 0.3) is 0 Å². The maximum Gasteiger partial charge on any atom is 0.347 e. The van der Waals surface area contributed by atoms with Gasteiger partial charge in [0, 0.05) is 11.6 Å². The van der Waals surface area contributed by atoms with Crippen molar-refractivity contribution >= 4 is 5.82 Å². The molecule has 0 aliphatic carbocycles. The van der Waals surface area contributed by atoms with Crippen LogP contribution in [-0.2, 0) is 0 Å². The van der Waals surface area contributed by atoms with Crippen molar-refractivity contribution in [2.45, 2.75) is 13.8 Å². The van der Waals surface area contributed by atoms with Gasteiger partial charge in [-0.3, -0.25) is 0 Å². The van der Waals surface area contributed by atoms with E-state index in [0.29, 0.717) is 5.69 Å². The summed E-state index contributed by atoms with van der Waals surface area (Å²) in [5.41, 5.74) is 9.08. The Labute approximate surface area is 93.2 Å². The summed E-state index contributed by atoms with van der Waals surface area (Å²) in [7, 11) is 0. The van der Waals surface area contributed by atoms with Crippen LogP contribution in [0.15, 0.2) is 29.1 Å². The molecule has 0 atom stereocenters. The molecule has 0 aliphatic heterocycles. The van der Waals surface area contributed by atoms with Crippen molar-refractivity contribution in [1.29, 1.82) is 0 Å². The van der Waals surface area contributed by atoms with E-state index in [2.05, 4.69) is 16.0 Å². The van der Waals surface area contributed by atoms with Crippen LogP contribution in [0.3, 0.4) is 0 Å². The van der Waals surface area contributed by atoms with Crippen molar-refractivity contribution < 1.29 is 0 Å². The third kappa shape index (κ3) is 1.95. The minimum absolute atomic E-state index is 0.235. The third-order valence-corrected chi connectivity index (χ3v) is 2.44. The number of rotatable bonds is 1. The number of benzene rings is 1. The van der Waals surface area contributed by atoms with Gasteiger partial charge in [0.1, 0.15) is 5.82 Å². The van der Waals surface area contributed by atoms with E-state index < -0.39 is 5.69 Å². The molecule has 2 rings (SSSR count). The number of hydrogen-bond acceptors (Lipinski definition) is 3. The van der Waals surface area contributed by atoms with Crippen LogP contribution < -0.4 is 11.4 Å². The first kappa shape index (κ1) is 10.4. The number of aryl methyl sites for hydroxylation is 2. The molecule has 0 bridgehead atoms. The van der Waals surface area contributed by atoms with Crippen molar-refractivity contribution in [3.63, 3.8) is 0 Å². The van der Waals surface area contributed by atoms with Crippen molar-refractivity contribution in [3.05, 3.63) is 45.9 Å². The molecule has 1 aromatic carbocycles. The standard InChI is InChI=1S/C12H13N3O/c1-7-3-4-9(8(2)5-7)10-6-11(13)15-12(16)14-10/h3-6H,1-2H3,(H3,13,14,15,16). The number of aromatic nitrogens is 2. The highest BCUT2D eigenvalue weighted by Gasteiger charge is 2.04. The van der Waals surface area contributed by atoms with Crippen LogP contribution in [0.4, 0.5) is 5.82 Å². The molecule has 4 heteroatoms. The molecule has 82 valence electrons. The molecule has 0 amide bonds. The highest BCUT2D eigenvalue weighted by molar-refractivity contribution is 5.65. The summed E-state index contributed by atoms with van der Waals surface area (Å²) in [6, 6.07) is 7.69. The van der Waals surface area contributed by atoms with Crippen LogP contribution in [0, 0.1) is 13.8 Å². The SMILES string of the molecule is Cc1ccc(-c2cc(N)nc(=O)[nH]2)c(C)c1. The van der Waals surface area contributed by atoms with Gasteiger partial charge in [-0.05, 0) is 19.4 Å². The Balaban J connectivity index is 2.63. The molecule has 0 saturated carbocycles. The van der Waals surface area contributed by atoms with Crippen LogP contribution in [0.1, 0.15) is 11.1 Å². The van der Waals surface area contributed by atoms with Crippen LogP contribution in [0.5, 0.6) is 0 Å². The number of nitrogens with one attached hydrogen (secondary N) is 1. The molecule has 2 aromatic rings. The lowest BCUT2D eigenvalue weighted by Crippen LogP contribution is -2.13. The molecule has 3 N–H and O–H groups in total. The normalized spacial score (nSPS) is 10.4. The number of hydrogen-bond donors (Lipinski definition) is 2. The van der Waals surface area contributed by atoms with Crippen molar-refractivity contribution in [2.75, 3.05) is 5.73 Å². The molecule has 1 heterocycles. The second-order valence-corrected chi connectivity index (χ2v) is 3.84. The molecular formula is C12H13N3O. The first-order valence-electron chi connectivity index (χ1n) is 5.01. The Bertz CT molecular complexity index is 587. The highest BCUT2D eigenvalue weighted by atomic mass is 16.1. The number of nitrogen functional groups attached to an aromatic ring is 1. The van der Waals surface area contributed by atoms with E-state index >= 15 is 0 Å². The fraction of sp³-hybridized carbons (Fsp3) is 0.167. The van der Waals surface area contributed by atoms with Crippen molar-refractivity contribution in [2.24, 2.45) is 0 Å². The van der Waals surface area contributed by atoms with Crippen LogP contribution in [0.2, 0.25) is 0 Å². The molecule has 0 unspecified atom stereocenters. The minimum atomic E-state index is -0.421. The van der Waals surface area contributed by atoms with Crippen LogP contribution >= 0.6 is 0 Å². The topological polar surface area (TPSA) is 71.8 Å². The van der Waals surface area contributed by atoms with Gasteiger partial charge >= 0.3 is 5.69 Å². The van der Waals surface area contributed by atoms with Crippen LogP contribution in [-0.4, -0.2) is 9.97 Å². The van der Waals surface area contributed by atoms with Gasteiger partial charge in [0.15, 0.2) is 0 Å². The fourth-order valence-corrected chi connectivity index (χ4v) is 1.74. The van der Waals surface area contributed by atoms with Gasteiger partial charge in [-0.2, -0.15) is 4.98 Å². The quantitative estimate of drug-likeness (QED) is 0.759. The summed E-state index contributed by atoms with van der Waals surface area (Å²) in [5.74, 6) is 0.235. The zero-order valence-corrected chi connectivity index (χ0v) is 9.24. The summed E-state index contributed by atoms with van der Waals surface area (Å²) in [5, 5.41) is 0. The summed E-state index contributed by atoms with van der Waals surface area (Å²) in [4.78, 5) is 17.5. The van der Waals surface area contributed by atoms with E-state index in [-0.39, 0.29) is 5.82 Å². The molecule has 0 saturated heterocycles. The van der Waals surface area contributed by atoms with E-state index in [1.165, 1.54) is 5.56 Å². The Kier molecular flexibility index (Phi) is 2.48. The average molecular weight is 215 g/mol. The van der Waals surface area contributed by atoms with Gasteiger partial charge in [-0.25, -0.2) is 4.79 Å². The second-order valence-electron chi connectivity index (χ2n) is 3.84. The smallest absolute Gasteiger partial charge is 0.347 e. The Morgan fingerprint density at radius 2 is 2.00 bits per heavy atom. The Morgan fingerprint density at radius 1 is 1.25 bits per heavy atom. The van der Waals surface area contributed by atoms with E-state index in [1.54, 1.807) is 6.07 Å². The lowest BCUT2D eigenvalue weighted by atomic mass is 10.0. The largest absolute Gasteiger partial charge is 0.383 e. The van der Waals surface area contributed by atoms with Gasteiger partial charge < -0.3 is 10.7 Å². The lowest BCUT2D eigenvalue weighted by molar-refractivity contribution is 1.09. The molecule has 0 fully saturated rings. The summed E-state index contributed by atoms with van der Waals surface area (Å²) >= 11 is 0. The molecule has 1 aromatic heterocycles. The third-order valence-electron chi connectivity index (χ3n) is 2.44. The summed E-state index contributed by atoms with van der Waals surface area (Å²) in [6.45, 7) is 4.03. The zero-order chi connectivity index (χ0) is 11.7. The minimum Gasteiger partial charge on any atom is -0.383 e. The summed E-state index contributed by atoms with van der Waals surface area (Å²) < 4.78 is 0. The molecule has 0 radical (unpaired) electrons. The Hall–Kier alpha value is -2.10. The highest BCUT2D eigenvalue weighted by Crippen LogP contribution is 2.22. The van der Waals surface area contributed by atoms with Crippen LogP contribution in [0.25, 0.3) is 11.3 Å². The van der Waals surface area contributed by atoms with Gasteiger partial charge in [-0.15, -0.1) is 0 Å². The van der Waals surface area contributed by atoms with E-state index in [4.69, 9.17) is 5.73 Å². The lowest BCUT2D eigenvalue weighted by Gasteiger charge is -2.06. The predicted molar refractivity (Wildman–Crippen MR) is 64.2 cm³/mol. The summed E-state index contributed by atoms with van der Waals surface area (Å²) in [6.07, 6.45) is 0. The predicted octanol–water partition coefficient (Wildman–Crippen LogP) is 1.64. The van der Waals surface area contributed by atoms with Gasteiger partial charge in [0.05, 0.1) is 5.69 Å². The molecular weight excluding hydrogens is 202 g/mol. The Morgan fingerprint density at radius 3 is 2.62 bits per heavy atom. The zero-order valence-electron chi connectivity index (χ0n) is 9.24. The van der Waals surface area contributed by atoms with Gasteiger partial charge in [-0.1, -0.05) is 23.8 Å². The van der Waals surface area contributed by atoms with Crippen molar-refractivity contribution in [3.8, 4) is 11.3 Å². The fourth-order valence-electron chi connectivity index (χ4n) is 1.74. The second kappa shape index (κ2) is 3.81.